The third kappa shape index (κ3) is 3.78. The lowest BCUT2D eigenvalue weighted by atomic mass is 10.1. The van der Waals surface area contributed by atoms with Crippen LogP contribution in [0.15, 0.2) is 18.2 Å². The van der Waals surface area contributed by atoms with Gasteiger partial charge in [0, 0.05) is 35.8 Å². The van der Waals surface area contributed by atoms with Crippen molar-refractivity contribution in [1.29, 1.82) is 0 Å². The predicted octanol–water partition coefficient (Wildman–Crippen LogP) is 1.38. The van der Waals surface area contributed by atoms with Gasteiger partial charge in [-0.2, -0.15) is 0 Å². The van der Waals surface area contributed by atoms with Gasteiger partial charge in [0.2, 0.25) is 6.79 Å². The molecule has 2 rings (SSSR count). The molecule has 1 atom stereocenters. The fourth-order valence-corrected chi connectivity index (χ4v) is 2.78. The molecule has 1 aromatic rings. The van der Waals surface area contributed by atoms with Crippen molar-refractivity contribution in [2.45, 2.75) is 6.42 Å². The second-order valence-electron chi connectivity index (χ2n) is 4.13. The first kappa shape index (κ1) is 14.0. The molecule has 0 saturated heterocycles. The Morgan fingerprint density at radius 2 is 2.16 bits per heavy atom. The highest BCUT2D eigenvalue weighted by Gasteiger charge is 2.17. The van der Waals surface area contributed by atoms with Gasteiger partial charge in [-0.3, -0.25) is 9.00 Å². The van der Waals surface area contributed by atoms with Crippen LogP contribution in [0.3, 0.4) is 0 Å². The van der Waals surface area contributed by atoms with Gasteiger partial charge >= 0.3 is 0 Å². The third-order valence-electron chi connectivity index (χ3n) is 2.71. The Hall–Kier alpha value is -1.40. The van der Waals surface area contributed by atoms with Gasteiger partial charge in [0.25, 0.3) is 0 Å². The third-order valence-corrected chi connectivity index (χ3v) is 4.04. The zero-order valence-electron chi connectivity index (χ0n) is 10.7. The molecule has 19 heavy (non-hydrogen) atoms. The summed E-state index contributed by atoms with van der Waals surface area (Å²) in [5.74, 6) is 1.57. The van der Waals surface area contributed by atoms with E-state index in [0.29, 0.717) is 35.8 Å². The van der Waals surface area contributed by atoms with E-state index in [4.69, 9.17) is 14.2 Å². The molecule has 0 bridgehead atoms. The summed E-state index contributed by atoms with van der Waals surface area (Å²) in [6, 6.07) is 5.00. The highest BCUT2D eigenvalue weighted by molar-refractivity contribution is 7.85. The Labute approximate surface area is 114 Å². The summed E-state index contributed by atoms with van der Waals surface area (Å²) in [4.78, 5) is 12.0. The largest absolute Gasteiger partial charge is 0.454 e. The molecule has 0 radical (unpaired) electrons. The van der Waals surface area contributed by atoms with Crippen molar-refractivity contribution >= 4 is 16.6 Å². The van der Waals surface area contributed by atoms with Crippen molar-refractivity contribution in [2.75, 3.05) is 32.0 Å². The number of fused-ring (bicyclic) bond motifs is 1. The maximum atomic E-state index is 12.0. The van der Waals surface area contributed by atoms with E-state index in [0.717, 1.165) is 0 Å². The van der Waals surface area contributed by atoms with Crippen molar-refractivity contribution in [2.24, 2.45) is 0 Å². The van der Waals surface area contributed by atoms with Crippen molar-refractivity contribution in [3.05, 3.63) is 23.8 Å². The number of hydrogen-bond donors (Lipinski definition) is 0. The SMILES string of the molecule is COCCCS(=O)CC(=O)c1ccc2c(c1)OCO2. The fourth-order valence-electron chi connectivity index (χ4n) is 1.74. The lowest BCUT2D eigenvalue weighted by Gasteiger charge is -2.03. The second-order valence-corrected chi connectivity index (χ2v) is 5.70. The summed E-state index contributed by atoms with van der Waals surface area (Å²) in [5.41, 5.74) is 0.504. The van der Waals surface area contributed by atoms with E-state index in [9.17, 15) is 9.00 Å². The Morgan fingerprint density at radius 3 is 2.95 bits per heavy atom. The molecule has 1 unspecified atom stereocenters. The first-order chi connectivity index (χ1) is 9.20. The molecule has 0 amide bonds. The van der Waals surface area contributed by atoms with Crippen molar-refractivity contribution in [1.82, 2.24) is 0 Å². The molecule has 0 fully saturated rings. The summed E-state index contributed by atoms with van der Waals surface area (Å²) in [6.07, 6.45) is 0.692. The molecule has 0 spiro atoms. The van der Waals surface area contributed by atoms with Crippen LogP contribution in [0.2, 0.25) is 0 Å². The van der Waals surface area contributed by atoms with E-state index in [1.54, 1.807) is 25.3 Å². The topological polar surface area (TPSA) is 61.8 Å². The Bertz CT molecular complexity index is 486. The number of Topliss-reactive ketones (excluding diaryl/α,β-unsaturated/α-hetero) is 1. The molecule has 1 aromatic carbocycles. The summed E-state index contributed by atoms with van der Waals surface area (Å²) in [5, 5.41) is 0. The van der Waals surface area contributed by atoms with Gasteiger partial charge in [-0.15, -0.1) is 0 Å². The van der Waals surface area contributed by atoms with Gasteiger partial charge in [0.05, 0.1) is 5.75 Å². The number of ether oxygens (including phenoxy) is 3. The van der Waals surface area contributed by atoms with Crippen LogP contribution in [-0.4, -0.2) is 42.0 Å². The maximum absolute atomic E-state index is 12.0. The minimum Gasteiger partial charge on any atom is -0.454 e. The van der Waals surface area contributed by atoms with Crippen LogP contribution >= 0.6 is 0 Å². The number of rotatable bonds is 7. The number of hydrogen-bond acceptors (Lipinski definition) is 5. The smallest absolute Gasteiger partial charge is 0.231 e. The molecule has 6 heteroatoms. The average Bonchev–Trinajstić information content (AvgIpc) is 2.86. The van der Waals surface area contributed by atoms with Crippen LogP contribution in [0.4, 0.5) is 0 Å². The van der Waals surface area contributed by atoms with E-state index >= 15 is 0 Å². The molecule has 104 valence electrons. The zero-order chi connectivity index (χ0) is 13.7. The Morgan fingerprint density at radius 1 is 1.37 bits per heavy atom. The number of carbonyl (C=O) groups excluding carboxylic acids is 1. The highest BCUT2D eigenvalue weighted by Crippen LogP contribution is 2.32. The zero-order valence-corrected chi connectivity index (χ0v) is 11.5. The molecule has 0 aliphatic carbocycles. The molecular weight excluding hydrogens is 268 g/mol. The summed E-state index contributed by atoms with van der Waals surface area (Å²) >= 11 is 0. The van der Waals surface area contributed by atoms with Crippen LogP contribution in [0, 0.1) is 0 Å². The van der Waals surface area contributed by atoms with E-state index in [2.05, 4.69) is 0 Å². The highest BCUT2D eigenvalue weighted by atomic mass is 32.2. The van der Waals surface area contributed by atoms with E-state index < -0.39 is 10.8 Å². The molecule has 0 aromatic heterocycles. The Kier molecular flexibility index (Phi) is 4.93. The van der Waals surface area contributed by atoms with Crippen molar-refractivity contribution in [3.8, 4) is 11.5 Å². The molecule has 0 saturated carbocycles. The fraction of sp³-hybridized carbons (Fsp3) is 0.462. The van der Waals surface area contributed by atoms with Gasteiger partial charge in [0.15, 0.2) is 17.3 Å². The van der Waals surface area contributed by atoms with Gasteiger partial charge in [-0.25, -0.2) is 0 Å². The molecule has 0 N–H and O–H groups in total. The molecule has 1 aliphatic heterocycles. The summed E-state index contributed by atoms with van der Waals surface area (Å²) in [7, 11) is 0.446. The van der Waals surface area contributed by atoms with Gasteiger partial charge in [-0.05, 0) is 24.6 Å². The second kappa shape index (κ2) is 6.68. The van der Waals surface area contributed by atoms with Gasteiger partial charge in [0.1, 0.15) is 0 Å². The number of ketones is 1. The molecule has 5 nitrogen and oxygen atoms in total. The van der Waals surface area contributed by atoms with Gasteiger partial charge in [-0.1, -0.05) is 0 Å². The molecule has 1 aliphatic rings. The number of benzene rings is 1. The summed E-state index contributed by atoms with van der Waals surface area (Å²) in [6.45, 7) is 0.736. The lowest BCUT2D eigenvalue weighted by Crippen LogP contribution is -2.14. The monoisotopic (exact) mass is 284 g/mol. The van der Waals surface area contributed by atoms with E-state index in [1.165, 1.54) is 0 Å². The first-order valence-corrected chi connectivity index (χ1v) is 7.46. The summed E-state index contributed by atoms with van der Waals surface area (Å²) < 4.78 is 27.0. The van der Waals surface area contributed by atoms with Crippen molar-refractivity contribution < 1.29 is 23.2 Å². The first-order valence-electron chi connectivity index (χ1n) is 5.97. The minimum atomic E-state index is -1.15. The maximum Gasteiger partial charge on any atom is 0.231 e. The van der Waals surface area contributed by atoms with Crippen LogP contribution in [-0.2, 0) is 15.5 Å². The van der Waals surface area contributed by atoms with Crippen LogP contribution in [0.1, 0.15) is 16.8 Å². The number of methoxy groups -OCH3 is 1. The van der Waals surface area contributed by atoms with Crippen molar-refractivity contribution in [3.63, 3.8) is 0 Å². The van der Waals surface area contributed by atoms with Crippen LogP contribution < -0.4 is 9.47 Å². The van der Waals surface area contributed by atoms with E-state index in [-0.39, 0.29) is 18.3 Å². The quantitative estimate of drug-likeness (QED) is 0.559. The minimum absolute atomic E-state index is 0.0311. The lowest BCUT2D eigenvalue weighted by molar-refractivity contribution is 0.102. The normalized spacial score (nSPS) is 14.4. The number of carbonyl (C=O) groups is 1. The van der Waals surface area contributed by atoms with Crippen LogP contribution in [0.5, 0.6) is 11.5 Å². The average molecular weight is 284 g/mol. The Balaban J connectivity index is 1.91. The van der Waals surface area contributed by atoms with Gasteiger partial charge < -0.3 is 14.2 Å². The van der Waals surface area contributed by atoms with Crippen LogP contribution in [0.25, 0.3) is 0 Å². The molecular formula is C13H16O5S. The molecule has 1 heterocycles. The standard InChI is InChI=1S/C13H16O5S/c1-16-5-2-6-19(15)8-11(14)10-3-4-12-13(7-10)18-9-17-12/h3-4,7H,2,5-6,8-9H2,1H3. The van der Waals surface area contributed by atoms with E-state index in [1.807, 2.05) is 0 Å². The predicted molar refractivity (Wildman–Crippen MR) is 71.3 cm³/mol.